The monoisotopic (exact) mass is 389 g/mol. The lowest BCUT2D eigenvalue weighted by Gasteiger charge is -2.61. The predicted molar refractivity (Wildman–Crippen MR) is 119 cm³/mol. The Morgan fingerprint density at radius 1 is 0.893 bits per heavy atom. The van der Waals surface area contributed by atoms with Gasteiger partial charge in [0.25, 0.3) is 0 Å². The maximum absolute atomic E-state index is 10.4. The molecule has 0 amide bonds. The molecule has 28 heavy (non-hydrogen) atoms. The fourth-order valence-electron chi connectivity index (χ4n) is 9.08. The maximum Gasteiger partial charge on any atom is 0.0600 e. The third kappa shape index (κ3) is 3.50. The molecule has 0 aromatic carbocycles. The summed E-state index contributed by atoms with van der Waals surface area (Å²) in [6.07, 6.45) is 14.0. The molecule has 162 valence electrons. The van der Waals surface area contributed by atoms with Crippen molar-refractivity contribution < 1.29 is 6.48 Å². The van der Waals surface area contributed by atoms with Gasteiger partial charge in [0.15, 0.2) is 0 Å². The van der Waals surface area contributed by atoms with Crippen LogP contribution in [-0.4, -0.2) is 11.2 Å². The molecule has 0 aromatic heterocycles. The van der Waals surface area contributed by atoms with Crippen molar-refractivity contribution in [2.75, 3.05) is 0 Å². The van der Waals surface area contributed by atoms with E-state index in [1.165, 1.54) is 57.8 Å². The summed E-state index contributed by atoms with van der Waals surface area (Å²) in [7, 11) is 0. The van der Waals surface area contributed by atoms with Gasteiger partial charge in [0, 0.05) is 0 Å². The molecule has 4 aliphatic rings. The zero-order valence-electron chi connectivity index (χ0n) is 20.5. The van der Waals surface area contributed by atoms with Gasteiger partial charge < -0.3 is 5.11 Å². The van der Waals surface area contributed by atoms with Crippen molar-refractivity contribution in [2.24, 2.45) is 52.3 Å². The first kappa shape index (κ1) is 19.9. The summed E-state index contributed by atoms with van der Waals surface area (Å²) in [6, 6.07) is 0. The molecule has 0 aliphatic heterocycles. The molecule has 0 spiro atoms. The van der Waals surface area contributed by atoms with Crippen molar-refractivity contribution in [3.8, 4) is 0 Å². The van der Waals surface area contributed by atoms with Gasteiger partial charge in [-0.15, -0.1) is 0 Å². The van der Waals surface area contributed by atoms with E-state index in [0.717, 1.165) is 48.3 Å². The van der Waals surface area contributed by atoms with Gasteiger partial charge in [-0.2, -0.15) is 0 Å². The third-order valence-corrected chi connectivity index (χ3v) is 10.7. The molecule has 0 saturated heterocycles. The predicted octanol–water partition coefficient (Wildman–Crippen LogP) is 7.47. The van der Waals surface area contributed by atoms with Crippen molar-refractivity contribution in [1.82, 2.24) is 0 Å². The van der Waals surface area contributed by atoms with Crippen molar-refractivity contribution >= 4 is 0 Å². The number of fused-ring (bicyclic) bond motifs is 5. The SMILES string of the molecule is [2H][C@]1(O)CC[C@@]2(C)[C@@H](CC[C@@H]3[C@@H]2CC[C@]2(C)[C@@H]([C@@H](C)CCCC(C)C)CC[C@@H]32)C1. The number of hydrogen-bond donors (Lipinski definition) is 1. The summed E-state index contributed by atoms with van der Waals surface area (Å²) in [5, 5.41) is 10.4. The molecular formula is C27H48O. The average Bonchev–Trinajstić information content (AvgIpc) is 2.99. The Morgan fingerprint density at radius 2 is 1.61 bits per heavy atom. The second kappa shape index (κ2) is 7.90. The van der Waals surface area contributed by atoms with Crippen molar-refractivity contribution in [1.29, 1.82) is 0 Å². The lowest BCUT2D eigenvalue weighted by Crippen LogP contribution is -2.54. The second-order valence-corrected chi connectivity index (χ2v) is 12.5. The largest absolute Gasteiger partial charge is 0.393 e. The van der Waals surface area contributed by atoms with E-state index in [-0.39, 0.29) is 0 Å². The minimum Gasteiger partial charge on any atom is -0.393 e. The van der Waals surface area contributed by atoms with E-state index in [0.29, 0.717) is 23.2 Å². The highest BCUT2D eigenvalue weighted by Gasteiger charge is 2.60. The minimum atomic E-state index is -1.15. The molecule has 0 radical (unpaired) electrons. The highest BCUT2D eigenvalue weighted by molar-refractivity contribution is 5.09. The summed E-state index contributed by atoms with van der Waals surface area (Å²) in [4.78, 5) is 0. The lowest BCUT2D eigenvalue weighted by molar-refractivity contribution is -0.129. The Balaban J connectivity index is 1.46. The molecule has 9 atom stereocenters. The highest BCUT2D eigenvalue weighted by Crippen LogP contribution is 2.68. The van der Waals surface area contributed by atoms with Gasteiger partial charge >= 0.3 is 0 Å². The first-order chi connectivity index (χ1) is 13.6. The van der Waals surface area contributed by atoms with Crippen LogP contribution in [0.1, 0.15) is 113 Å². The fraction of sp³-hybridized carbons (Fsp3) is 1.00. The zero-order valence-corrected chi connectivity index (χ0v) is 19.5. The van der Waals surface area contributed by atoms with Crippen LogP contribution in [0.25, 0.3) is 0 Å². The van der Waals surface area contributed by atoms with Crippen molar-refractivity contribution in [3.05, 3.63) is 0 Å². The molecule has 4 saturated carbocycles. The third-order valence-electron chi connectivity index (χ3n) is 10.7. The minimum absolute atomic E-state index is 0.387. The standard InChI is InChI=1S/C27H48O/c1-18(2)7-6-8-19(3)23-11-12-24-22-10-9-20-17-21(28)13-15-26(20,4)25(22)14-16-27(23,24)5/h18-25,28H,6-17H2,1-5H3/t19-,20-,21-,22-,23+,24-,25-,26-,27+/m0/s1/i21D. The van der Waals surface area contributed by atoms with E-state index >= 15 is 0 Å². The average molecular weight is 390 g/mol. The van der Waals surface area contributed by atoms with Gasteiger partial charge in [-0.05, 0) is 110 Å². The summed E-state index contributed by atoms with van der Waals surface area (Å²) in [5.41, 5.74) is 0.963. The van der Waals surface area contributed by atoms with Crippen molar-refractivity contribution in [2.45, 2.75) is 118 Å². The second-order valence-electron chi connectivity index (χ2n) is 12.5. The molecule has 0 aromatic rings. The van der Waals surface area contributed by atoms with Crippen LogP contribution in [0.4, 0.5) is 0 Å². The quantitative estimate of drug-likeness (QED) is 0.517. The van der Waals surface area contributed by atoms with Gasteiger partial charge in [-0.25, -0.2) is 0 Å². The van der Waals surface area contributed by atoms with Crippen LogP contribution < -0.4 is 0 Å². The van der Waals surface area contributed by atoms with Crippen LogP contribution in [0.2, 0.25) is 0 Å². The van der Waals surface area contributed by atoms with Gasteiger partial charge in [-0.3, -0.25) is 0 Å². The van der Waals surface area contributed by atoms with Crippen LogP contribution >= 0.6 is 0 Å². The summed E-state index contributed by atoms with van der Waals surface area (Å²) in [6.45, 7) is 12.5. The number of aliphatic hydroxyl groups is 1. The lowest BCUT2D eigenvalue weighted by atomic mass is 9.44. The molecule has 4 rings (SSSR count). The summed E-state index contributed by atoms with van der Waals surface area (Å²) >= 11 is 0. The Morgan fingerprint density at radius 3 is 2.36 bits per heavy atom. The Hall–Kier alpha value is -0.0400. The molecule has 1 nitrogen and oxygen atoms in total. The normalized spacial score (nSPS) is 52.5. The molecule has 1 heteroatoms. The van der Waals surface area contributed by atoms with E-state index in [1.54, 1.807) is 0 Å². The van der Waals surface area contributed by atoms with Crippen LogP contribution in [0.5, 0.6) is 0 Å². The van der Waals surface area contributed by atoms with Gasteiger partial charge in [-0.1, -0.05) is 53.9 Å². The van der Waals surface area contributed by atoms with E-state index in [4.69, 9.17) is 1.37 Å². The Bertz CT molecular complexity index is 585. The summed E-state index contributed by atoms with van der Waals surface area (Å²) < 4.78 is 8.23. The Labute approximate surface area is 176 Å². The van der Waals surface area contributed by atoms with E-state index < -0.39 is 6.08 Å². The maximum atomic E-state index is 10.4. The topological polar surface area (TPSA) is 20.2 Å². The first-order valence-electron chi connectivity index (χ1n) is 13.3. The number of rotatable bonds is 5. The molecule has 4 aliphatic carbocycles. The molecular weight excluding hydrogens is 340 g/mol. The van der Waals surface area contributed by atoms with Gasteiger partial charge in [0.05, 0.1) is 7.45 Å². The van der Waals surface area contributed by atoms with E-state index in [1.807, 2.05) is 0 Å². The molecule has 4 fully saturated rings. The molecule has 0 bridgehead atoms. The zero-order chi connectivity index (χ0) is 21.0. The molecule has 0 heterocycles. The number of hydrogen-bond acceptors (Lipinski definition) is 1. The first-order valence-corrected chi connectivity index (χ1v) is 12.8. The van der Waals surface area contributed by atoms with Crippen LogP contribution in [-0.2, 0) is 0 Å². The van der Waals surface area contributed by atoms with E-state index in [2.05, 4.69) is 34.6 Å². The van der Waals surface area contributed by atoms with Crippen LogP contribution in [0, 0.1) is 52.3 Å². The highest BCUT2D eigenvalue weighted by atomic mass is 16.3. The van der Waals surface area contributed by atoms with E-state index in [9.17, 15) is 5.11 Å². The molecule has 1 N–H and O–H groups in total. The van der Waals surface area contributed by atoms with Crippen LogP contribution in [0.15, 0.2) is 0 Å². The van der Waals surface area contributed by atoms with Crippen molar-refractivity contribution in [3.63, 3.8) is 0 Å². The van der Waals surface area contributed by atoms with Crippen LogP contribution in [0.3, 0.4) is 0 Å². The smallest absolute Gasteiger partial charge is 0.0600 e. The van der Waals surface area contributed by atoms with Gasteiger partial charge in [0.2, 0.25) is 0 Å². The fourth-order valence-corrected chi connectivity index (χ4v) is 9.08. The Kier molecular flexibility index (Phi) is 5.61. The molecule has 0 unspecified atom stereocenters. The van der Waals surface area contributed by atoms with Gasteiger partial charge in [0.1, 0.15) is 0 Å². The summed E-state index contributed by atoms with van der Waals surface area (Å²) in [5.74, 6) is 5.96.